The van der Waals surface area contributed by atoms with Crippen molar-refractivity contribution in [3.63, 3.8) is 0 Å². The van der Waals surface area contributed by atoms with Crippen LogP contribution in [0.5, 0.6) is 0 Å². The third-order valence-electron chi connectivity index (χ3n) is 3.15. The number of aromatic nitrogens is 1. The fraction of sp³-hybridized carbons (Fsp3) is 0.143. The molecule has 3 rings (SSSR count). The Balaban J connectivity index is 2.07. The second kappa shape index (κ2) is 3.70. The summed E-state index contributed by atoms with van der Waals surface area (Å²) in [6, 6.07) is 10.1. The minimum Gasteiger partial charge on any atom is -0.315 e. The number of likely N-dealkylation sites (N-methyl/N-ethyl adjacent to an activating group) is 1. The van der Waals surface area contributed by atoms with Gasteiger partial charge in [-0.15, -0.1) is 0 Å². The number of rotatable bonds is 1. The molecule has 0 saturated heterocycles. The molecular formula is C14H12N2O. The van der Waals surface area contributed by atoms with E-state index in [1.54, 1.807) is 11.1 Å². The lowest BCUT2D eigenvalue weighted by atomic mass is 10.0. The summed E-state index contributed by atoms with van der Waals surface area (Å²) in [5.41, 5.74) is 4.30. The molecule has 2 aromatic rings. The molecule has 1 aromatic heterocycles. The van der Waals surface area contributed by atoms with Gasteiger partial charge >= 0.3 is 0 Å². The van der Waals surface area contributed by atoms with Crippen LogP contribution in [0.25, 0.3) is 11.1 Å². The average Bonchev–Trinajstić information content (AvgIpc) is 2.66. The zero-order chi connectivity index (χ0) is 11.8. The van der Waals surface area contributed by atoms with Crippen molar-refractivity contribution in [1.29, 1.82) is 0 Å². The van der Waals surface area contributed by atoms with Crippen LogP contribution in [0.2, 0.25) is 0 Å². The highest BCUT2D eigenvalue weighted by molar-refractivity contribution is 6.01. The van der Waals surface area contributed by atoms with Gasteiger partial charge < -0.3 is 4.90 Å². The van der Waals surface area contributed by atoms with Crippen LogP contribution in [0.15, 0.2) is 42.7 Å². The lowest BCUT2D eigenvalue weighted by Crippen LogP contribution is -2.20. The van der Waals surface area contributed by atoms with Crippen molar-refractivity contribution in [2.45, 2.75) is 6.42 Å². The van der Waals surface area contributed by atoms with Crippen LogP contribution in [0.4, 0.5) is 5.69 Å². The van der Waals surface area contributed by atoms with E-state index in [1.165, 1.54) is 0 Å². The van der Waals surface area contributed by atoms with Gasteiger partial charge in [0.1, 0.15) is 0 Å². The molecule has 0 saturated carbocycles. The SMILES string of the molecule is CN1C(=O)Cc2cc(-c3cccnc3)ccc21. The highest BCUT2D eigenvalue weighted by Crippen LogP contribution is 2.31. The maximum atomic E-state index is 11.6. The molecule has 3 heteroatoms. The molecule has 0 aliphatic carbocycles. The van der Waals surface area contributed by atoms with E-state index in [0.717, 1.165) is 22.4 Å². The third kappa shape index (κ3) is 1.60. The minimum atomic E-state index is 0.156. The zero-order valence-electron chi connectivity index (χ0n) is 9.55. The average molecular weight is 224 g/mol. The van der Waals surface area contributed by atoms with Crippen LogP contribution < -0.4 is 4.90 Å². The highest BCUT2D eigenvalue weighted by Gasteiger charge is 2.23. The smallest absolute Gasteiger partial charge is 0.231 e. The van der Waals surface area contributed by atoms with Gasteiger partial charge in [0.2, 0.25) is 5.91 Å². The summed E-state index contributed by atoms with van der Waals surface area (Å²) >= 11 is 0. The van der Waals surface area contributed by atoms with Crippen molar-refractivity contribution >= 4 is 11.6 Å². The Labute approximate surface area is 99.7 Å². The van der Waals surface area contributed by atoms with E-state index < -0.39 is 0 Å². The number of carbonyl (C=O) groups excluding carboxylic acids is 1. The molecule has 1 aromatic carbocycles. The molecule has 0 atom stereocenters. The van der Waals surface area contributed by atoms with E-state index in [9.17, 15) is 4.79 Å². The quantitative estimate of drug-likeness (QED) is 0.744. The first-order valence-electron chi connectivity index (χ1n) is 5.55. The first-order chi connectivity index (χ1) is 8.25. The highest BCUT2D eigenvalue weighted by atomic mass is 16.2. The first kappa shape index (κ1) is 10.0. The summed E-state index contributed by atoms with van der Waals surface area (Å²) in [6.45, 7) is 0. The number of pyridine rings is 1. The summed E-state index contributed by atoms with van der Waals surface area (Å²) in [5.74, 6) is 0.156. The predicted octanol–water partition coefficient (Wildman–Crippen LogP) is 2.27. The van der Waals surface area contributed by atoms with Gasteiger partial charge in [-0.3, -0.25) is 9.78 Å². The molecule has 1 aliphatic rings. The fourth-order valence-corrected chi connectivity index (χ4v) is 2.18. The van der Waals surface area contributed by atoms with Crippen molar-refractivity contribution < 1.29 is 4.79 Å². The molecule has 1 aliphatic heterocycles. The number of nitrogens with zero attached hydrogens (tertiary/aromatic N) is 2. The number of amides is 1. The number of fused-ring (bicyclic) bond motifs is 1. The summed E-state index contributed by atoms with van der Waals surface area (Å²) in [4.78, 5) is 17.4. The van der Waals surface area contributed by atoms with Gasteiger partial charge in [0.15, 0.2) is 0 Å². The maximum absolute atomic E-state index is 11.6. The Morgan fingerprint density at radius 2 is 2.12 bits per heavy atom. The zero-order valence-corrected chi connectivity index (χ0v) is 9.55. The van der Waals surface area contributed by atoms with E-state index in [-0.39, 0.29) is 5.91 Å². The van der Waals surface area contributed by atoms with Crippen molar-refractivity contribution in [1.82, 2.24) is 4.98 Å². The monoisotopic (exact) mass is 224 g/mol. The van der Waals surface area contributed by atoms with E-state index in [1.807, 2.05) is 37.5 Å². The van der Waals surface area contributed by atoms with E-state index in [4.69, 9.17) is 0 Å². The number of benzene rings is 1. The molecule has 0 radical (unpaired) electrons. The van der Waals surface area contributed by atoms with Crippen LogP contribution in [0, 0.1) is 0 Å². The molecule has 0 unspecified atom stereocenters. The molecule has 3 nitrogen and oxygen atoms in total. The summed E-state index contributed by atoms with van der Waals surface area (Å²) in [6.07, 6.45) is 4.09. The largest absolute Gasteiger partial charge is 0.315 e. The molecule has 1 amide bonds. The van der Waals surface area contributed by atoms with Gasteiger partial charge in [0.25, 0.3) is 0 Å². The molecule has 0 fully saturated rings. The van der Waals surface area contributed by atoms with Crippen molar-refractivity contribution in [2.24, 2.45) is 0 Å². The summed E-state index contributed by atoms with van der Waals surface area (Å²) in [7, 11) is 1.82. The predicted molar refractivity (Wildman–Crippen MR) is 66.8 cm³/mol. The molecule has 0 bridgehead atoms. The lowest BCUT2D eigenvalue weighted by Gasteiger charge is -2.10. The van der Waals surface area contributed by atoms with E-state index >= 15 is 0 Å². The molecule has 0 spiro atoms. The van der Waals surface area contributed by atoms with Crippen molar-refractivity contribution in [3.05, 3.63) is 48.3 Å². The van der Waals surface area contributed by atoms with Crippen LogP contribution in [0.1, 0.15) is 5.56 Å². The fourth-order valence-electron chi connectivity index (χ4n) is 2.18. The Kier molecular flexibility index (Phi) is 2.18. The topological polar surface area (TPSA) is 33.2 Å². The number of carbonyl (C=O) groups is 1. The third-order valence-corrected chi connectivity index (χ3v) is 3.15. The Morgan fingerprint density at radius 3 is 2.88 bits per heavy atom. The normalized spacial score (nSPS) is 13.9. The number of anilines is 1. The Bertz CT molecular complexity index is 578. The summed E-state index contributed by atoms with van der Waals surface area (Å²) < 4.78 is 0. The maximum Gasteiger partial charge on any atom is 0.231 e. The first-order valence-corrected chi connectivity index (χ1v) is 5.55. The molecule has 2 heterocycles. The Hall–Kier alpha value is -2.16. The van der Waals surface area contributed by atoms with Crippen molar-refractivity contribution in [2.75, 3.05) is 11.9 Å². The van der Waals surface area contributed by atoms with Crippen LogP contribution in [-0.4, -0.2) is 17.9 Å². The van der Waals surface area contributed by atoms with Gasteiger partial charge in [0.05, 0.1) is 6.42 Å². The van der Waals surface area contributed by atoms with Crippen molar-refractivity contribution in [3.8, 4) is 11.1 Å². The molecule has 84 valence electrons. The Morgan fingerprint density at radius 1 is 1.24 bits per heavy atom. The standard InChI is InChI=1S/C14H12N2O/c1-16-13-5-4-10(7-12(13)8-14(16)17)11-3-2-6-15-9-11/h2-7,9H,8H2,1H3. The van der Waals surface area contributed by atoms with E-state index in [2.05, 4.69) is 11.1 Å². The number of hydrogen-bond acceptors (Lipinski definition) is 2. The second-order valence-electron chi connectivity index (χ2n) is 4.21. The van der Waals surface area contributed by atoms with Crippen LogP contribution >= 0.6 is 0 Å². The van der Waals surface area contributed by atoms with E-state index in [0.29, 0.717) is 6.42 Å². The molecule has 0 N–H and O–H groups in total. The minimum absolute atomic E-state index is 0.156. The lowest BCUT2D eigenvalue weighted by molar-refractivity contribution is -0.117. The van der Waals surface area contributed by atoms with Crippen LogP contribution in [0.3, 0.4) is 0 Å². The van der Waals surface area contributed by atoms with Gasteiger partial charge in [-0.2, -0.15) is 0 Å². The van der Waals surface area contributed by atoms with Crippen LogP contribution in [-0.2, 0) is 11.2 Å². The molecular weight excluding hydrogens is 212 g/mol. The molecule has 17 heavy (non-hydrogen) atoms. The summed E-state index contributed by atoms with van der Waals surface area (Å²) in [5, 5.41) is 0. The van der Waals surface area contributed by atoms with Gasteiger partial charge in [-0.1, -0.05) is 12.1 Å². The van der Waals surface area contributed by atoms with Gasteiger partial charge in [-0.25, -0.2) is 0 Å². The van der Waals surface area contributed by atoms with Gasteiger partial charge in [-0.05, 0) is 34.9 Å². The second-order valence-corrected chi connectivity index (χ2v) is 4.21. The van der Waals surface area contributed by atoms with Gasteiger partial charge in [0, 0.05) is 25.1 Å². The number of hydrogen-bond donors (Lipinski definition) is 0.